The highest BCUT2D eigenvalue weighted by molar-refractivity contribution is 5.38. The van der Waals surface area contributed by atoms with Crippen molar-refractivity contribution in [3.63, 3.8) is 0 Å². The van der Waals surface area contributed by atoms with Crippen LogP contribution in [0.4, 0.5) is 13.2 Å². The number of halogens is 3. The summed E-state index contributed by atoms with van der Waals surface area (Å²) in [4.78, 5) is 0. The van der Waals surface area contributed by atoms with Gasteiger partial charge in [-0.05, 0) is 17.8 Å². The summed E-state index contributed by atoms with van der Waals surface area (Å²) in [5.41, 5.74) is -0.369. The summed E-state index contributed by atoms with van der Waals surface area (Å²) in [5.74, 6) is 0.104. The molecule has 0 spiro atoms. The molecule has 2 unspecified atom stereocenters. The maximum Gasteiger partial charge on any atom is 0.412 e. The SMILES string of the molecule is FC(F)(F)C1=CC2C3[C@@H]2[C@@H]1[C@@H]1OCO[C@H]31. The minimum Gasteiger partial charge on any atom is -0.349 e. The van der Waals surface area contributed by atoms with Crippen LogP contribution in [0.15, 0.2) is 11.6 Å². The van der Waals surface area contributed by atoms with Crippen LogP contribution in [0.1, 0.15) is 0 Å². The first-order valence-electron chi connectivity index (χ1n) is 5.11. The standard InChI is InChI=1S/C10H9F3O2/c11-10(12,13)4-1-3-5-6(3)8-9(7(4)5)15-2-14-8/h1,3,5-9H,2H2/t3?,5-,6?,7-,8-,9+/m1/s1. The highest BCUT2D eigenvalue weighted by atomic mass is 19.4. The Morgan fingerprint density at radius 3 is 2.60 bits per heavy atom. The molecule has 3 fully saturated rings. The molecular formula is C10H9F3O2. The molecular weight excluding hydrogens is 209 g/mol. The van der Waals surface area contributed by atoms with E-state index in [9.17, 15) is 13.2 Å². The van der Waals surface area contributed by atoms with Gasteiger partial charge in [0.05, 0.1) is 12.2 Å². The van der Waals surface area contributed by atoms with Crippen molar-refractivity contribution in [2.45, 2.75) is 18.4 Å². The topological polar surface area (TPSA) is 18.5 Å². The first kappa shape index (κ1) is 8.58. The van der Waals surface area contributed by atoms with Crippen molar-refractivity contribution in [1.82, 2.24) is 0 Å². The van der Waals surface area contributed by atoms with Crippen LogP contribution in [0, 0.1) is 23.7 Å². The molecule has 4 rings (SSSR count). The molecule has 0 radical (unpaired) electrons. The number of fused-ring (bicyclic) bond motifs is 4. The Hall–Kier alpha value is -0.550. The van der Waals surface area contributed by atoms with Gasteiger partial charge in [-0.25, -0.2) is 0 Å². The third kappa shape index (κ3) is 0.854. The lowest BCUT2D eigenvalue weighted by molar-refractivity contribution is -0.104. The number of ether oxygens (including phenoxy) is 2. The van der Waals surface area contributed by atoms with Crippen molar-refractivity contribution in [2.24, 2.45) is 23.7 Å². The van der Waals surface area contributed by atoms with E-state index in [0.717, 1.165) is 0 Å². The Morgan fingerprint density at radius 2 is 1.87 bits per heavy atom. The molecule has 6 atom stereocenters. The lowest BCUT2D eigenvalue weighted by atomic mass is 9.95. The van der Waals surface area contributed by atoms with Gasteiger partial charge in [0, 0.05) is 11.5 Å². The number of rotatable bonds is 0. The van der Waals surface area contributed by atoms with E-state index >= 15 is 0 Å². The lowest BCUT2D eigenvalue weighted by Crippen LogP contribution is -2.30. The van der Waals surface area contributed by atoms with E-state index in [-0.39, 0.29) is 36.4 Å². The minimum absolute atomic E-state index is 0.0823. The Balaban J connectivity index is 1.74. The summed E-state index contributed by atoms with van der Waals surface area (Å²) in [5, 5.41) is 0. The van der Waals surface area contributed by atoms with Crippen molar-refractivity contribution >= 4 is 0 Å². The van der Waals surface area contributed by atoms with Gasteiger partial charge in [-0.1, -0.05) is 6.08 Å². The molecule has 0 aromatic carbocycles. The molecule has 2 nitrogen and oxygen atoms in total. The number of alkyl halides is 3. The second-order valence-electron chi connectivity index (χ2n) is 4.76. The fourth-order valence-electron chi connectivity index (χ4n) is 3.75. The summed E-state index contributed by atoms with van der Waals surface area (Å²) >= 11 is 0. The Labute approximate surface area is 84.0 Å². The van der Waals surface area contributed by atoms with E-state index in [4.69, 9.17) is 9.47 Å². The fraction of sp³-hybridized carbons (Fsp3) is 0.800. The van der Waals surface area contributed by atoms with Crippen molar-refractivity contribution in [3.8, 4) is 0 Å². The molecule has 15 heavy (non-hydrogen) atoms. The molecule has 2 saturated carbocycles. The van der Waals surface area contributed by atoms with E-state index < -0.39 is 12.1 Å². The fourth-order valence-corrected chi connectivity index (χ4v) is 3.75. The largest absolute Gasteiger partial charge is 0.412 e. The molecule has 0 aromatic rings. The van der Waals surface area contributed by atoms with Gasteiger partial charge < -0.3 is 9.47 Å². The third-order valence-electron chi connectivity index (χ3n) is 4.24. The molecule has 5 heteroatoms. The van der Waals surface area contributed by atoms with Gasteiger partial charge in [0.1, 0.15) is 6.79 Å². The summed E-state index contributed by atoms with van der Waals surface area (Å²) in [6.45, 7) is 0.160. The average Bonchev–Trinajstić information content (AvgIpc) is 2.52. The highest BCUT2D eigenvalue weighted by Crippen LogP contribution is 2.71. The maximum absolute atomic E-state index is 12.7. The number of hydrogen-bond acceptors (Lipinski definition) is 2. The Morgan fingerprint density at radius 1 is 1.13 bits per heavy atom. The maximum atomic E-state index is 12.7. The average molecular weight is 218 g/mol. The van der Waals surface area contributed by atoms with Crippen LogP contribution >= 0.6 is 0 Å². The van der Waals surface area contributed by atoms with Crippen LogP contribution in [0.5, 0.6) is 0 Å². The summed E-state index contributed by atoms with van der Waals surface area (Å²) in [7, 11) is 0. The van der Waals surface area contributed by atoms with Crippen molar-refractivity contribution in [2.75, 3.05) is 6.79 Å². The zero-order valence-corrected chi connectivity index (χ0v) is 7.70. The molecule has 0 aromatic heterocycles. The second kappa shape index (κ2) is 2.25. The van der Waals surface area contributed by atoms with Gasteiger partial charge in [-0.2, -0.15) is 13.2 Å². The quantitative estimate of drug-likeness (QED) is 0.576. The van der Waals surface area contributed by atoms with E-state index in [1.807, 2.05) is 0 Å². The number of hydrogen-bond donors (Lipinski definition) is 0. The normalized spacial score (nSPS) is 55.3. The van der Waals surface area contributed by atoms with Crippen LogP contribution in [0.25, 0.3) is 0 Å². The molecule has 3 aliphatic carbocycles. The van der Waals surface area contributed by atoms with Gasteiger partial charge >= 0.3 is 6.18 Å². The predicted octanol–water partition coefficient (Wildman–Crippen LogP) is 1.72. The first-order chi connectivity index (χ1) is 7.09. The van der Waals surface area contributed by atoms with Crippen LogP contribution in [0.2, 0.25) is 0 Å². The molecule has 4 aliphatic rings. The van der Waals surface area contributed by atoms with Gasteiger partial charge in [-0.3, -0.25) is 0 Å². The summed E-state index contributed by atoms with van der Waals surface area (Å²) < 4.78 is 48.7. The molecule has 0 bridgehead atoms. The van der Waals surface area contributed by atoms with Crippen LogP contribution in [-0.4, -0.2) is 25.2 Å². The first-order valence-corrected chi connectivity index (χ1v) is 5.11. The molecule has 0 amide bonds. The van der Waals surface area contributed by atoms with Gasteiger partial charge in [0.15, 0.2) is 0 Å². The molecule has 0 N–H and O–H groups in total. The minimum atomic E-state index is -4.19. The zero-order chi connectivity index (χ0) is 10.4. The number of allylic oxidation sites excluding steroid dienone is 1. The van der Waals surface area contributed by atoms with Gasteiger partial charge in [0.25, 0.3) is 0 Å². The van der Waals surface area contributed by atoms with Crippen molar-refractivity contribution in [3.05, 3.63) is 11.6 Å². The molecule has 1 saturated heterocycles. The smallest absolute Gasteiger partial charge is 0.349 e. The van der Waals surface area contributed by atoms with E-state index in [2.05, 4.69) is 0 Å². The highest BCUT2D eigenvalue weighted by Gasteiger charge is 2.74. The molecule has 1 aliphatic heterocycles. The summed E-state index contributed by atoms with van der Waals surface area (Å²) in [6, 6.07) is 0. The van der Waals surface area contributed by atoms with Crippen LogP contribution in [0.3, 0.4) is 0 Å². The molecule has 82 valence electrons. The van der Waals surface area contributed by atoms with E-state index in [0.29, 0.717) is 5.92 Å². The Bertz CT molecular complexity index is 362. The van der Waals surface area contributed by atoms with E-state index in [1.165, 1.54) is 6.08 Å². The van der Waals surface area contributed by atoms with Crippen LogP contribution < -0.4 is 0 Å². The van der Waals surface area contributed by atoms with Gasteiger partial charge in [0.2, 0.25) is 0 Å². The summed E-state index contributed by atoms with van der Waals surface area (Å²) in [6.07, 6.45) is -3.21. The zero-order valence-electron chi connectivity index (χ0n) is 7.70. The third-order valence-corrected chi connectivity index (χ3v) is 4.24. The van der Waals surface area contributed by atoms with Crippen LogP contribution in [-0.2, 0) is 9.47 Å². The monoisotopic (exact) mass is 218 g/mol. The molecule has 1 heterocycles. The van der Waals surface area contributed by atoms with Crippen molar-refractivity contribution < 1.29 is 22.6 Å². The lowest BCUT2D eigenvalue weighted by Gasteiger charge is -2.21. The Kier molecular flexibility index (Phi) is 1.29. The predicted molar refractivity (Wildman–Crippen MR) is 42.7 cm³/mol. The van der Waals surface area contributed by atoms with Gasteiger partial charge in [-0.15, -0.1) is 0 Å². The van der Waals surface area contributed by atoms with Crippen molar-refractivity contribution in [1.29, 1.82) is 0 Å². The second-order valence-corrected chi connectivity index (χ2v) is 4.76. The van der Waals surface area contributed by atoms with E-state index in [1.54, 1.807) is 0 Å².